The van der Waals surface area contributed by atoms with Crippen LogP contribution in [0, 0.1) is 6.92 Å². The van der Waals surface area contributed by atoms with E-state index in [1.54, 1.807) is 0 Å². The van der Waals surface area contributed by atoms with Crippen LogP contribution >= 0.6 is 11.5 Å². The number of nitrogens with zero attached hydrogens (tertiary/aromatic N) is 1. The number of furan rings is 1. The lowest BCUT2D eigenvalue weighted by Gasteiger charge is -2.10. The third-order valence-corrected chi connectivity index (χ3v) is 3.73. The van der Waals surface area contributed by atoms with E-state index in [0.717, 1.165) is 27.4 Å². The Kier molecular flexibility index (Phi) is 2.80. The van der Waals surface area contributed by atoms with Crippen molar-refractivity contribution >= 4 is 27.4 Å². The lowest BCUT2D eigenvalue weighted by Crippen LogP contribution is -2.04. The van der Waals surface area contributed by atoms with Crippen molar-refractivity contribution in [2.24, 2.45) is 0 Å². The second-order valence-corrected chi connectivity index (χ2v) is 5.12. The van der Waals surface area contributed by atoms with Crippen molar-refractivity contribution in [3.05, 3.63) is 47.9 Å². The van der Waals surface area contributed by atoms with Crippen LogP contribution in [-0.4, -0.2) is 4.37 Å². The molecule has 0 amide bonds. The summed E-state index contributed by atoms with van der Waals surface area (Å²) in [5, 5.41) is 5.71. The zero-order valence-corrected chi connectivity index (χ0v) is 11.1. The Bertz CT molecular complexity index is 671. The van der Waals surface area contributed by atoms with Gasteiger partial charge in [0.25, 0.3) is 0 Å². The first-order valence-corrected chi connectivity index (χ1v) is 6.68. The van der Waals surface area contributed by atoms with Crippen molar-refractivity contribution in [3.8, 4) is 0 Å². The molecule has 3 aromatic rings. The van der Waals surface area contributed by atoms with Crippen LogP contribution in [0.4, 0.5) is 5.00 Å². The number of hydrogen-bond acceptors (Lipinski definition) is 4. The Morgan fingerprint density at radius 1 is 1.22 bits per heavy atom. The standard InChI is InChI=1S/C14H14N2OS/c1-9-7-8-13(17-9)10(2)15-14-11-5-3-4-6-12(11)16-18-14/h3-8,10,15H,1-2H3. The second kappa shape index (κ2) is 4.46. The van der Waals surface area contributed by atoms with Gasteiger partial charge in [0.15, 0.2) is 0 Å². The molecule has 92 valence electrons. The van der Waals surface area contributed by atoms with Gasteiger partial charge < -0.3 is 9.73 Å². The number of nitrogens with one attached hydrogen (secondary N) is 1. The van der Waals surface area contributed by atoms with Crippen molar-refractivity contribution in [3.63, 3.8) is 0 Å². The van der Waals surface area contributed by atoms with E-state index < -0.39 is 0 Å². The molecular formula is C14H14N2OS. The van der Waals surface area contributed by atoms with Gasteiger partial charge in [-0.2, -0.15) is 4.37 Å². The van der Waals surface area contributed by atoms with Gasteiger partial charge in [0.05, 0.1) is 11.6 Å². The van der Waals surface area contributed by atoms with Crippen molar-refractivity contribution in [2.45, 2.75) is 19.9 Å². The van der Waals surface area contributed by atoms with E-state index >= 15 is 0 Å². The summed E-state index contributed by atoms with van der Waals surface area (Å²) in [5.41, 5.74) is 1.04. The van der Waals surface area contributed by atoms with Gasteiger partial charge in [-0.3, -0.25) is 0 Å². The predicted molar refractivity (Wildman–Crippen MR) is 75.1 cm³/mol. The van der Waals surface area contributed by atoms with Crippen LogP contribution in [0.2, 0.25) is 0 Å². The lowest BCUT2D eigenvalue weighted by molar-refractivity contribution is 0.467. The first-order chi connectivity index (χ1) is 8.74. The minimum absolute atomic E-state index is 0.141. The molecule has 2 heterocycles. The zero-order chi connectivity index (χ0) is 12.5. The zero-order valence-electron chi connectivity index (χ0n) is 10.3. The van der Waals surface area contributed by atoms with Crippen LogP contribution in [0.15, 0.2) is 40.8 Å². The minimum Gasteiger partial charge on any atom is -0.464 e. The number of aryl methyl sites for hydroxylation is 1. The molecule has 1 N–H and O–H groups in total. The van der Waals surface area contributed by atoms with Gasteiger partial charge in [0.2, 0.25) is 0 Å². The Balaban J connectivity index is 1.88. The Labute approximate surface area is 110 Å². The fraction of sp³-hybridized carbons (Fsp3) is 0.214. The van der Waals surface area contributed by atoms with E-state index in [9.17, 15) is 0 Å². The molecule has 18 heavy (non-hydrogen) atoms. The maximum Gasteiger partial charge on any atom is 0.126 e. The average molecular weight is 258 g/mol. The molecule has 0 aliphatic heterocycles. The summed E-state index contributed by atoms with van der Waals surface area (Å²) in [6.45, 7) is 4.05. The van der Waals surface area contributed by atoms with Crippen LogP contribution in [0.5, 0.6) is 0 Å². The van der Waals surface area contributed by atoms with E-state index in [2.05, 4.69) is 22.7 Å². The first-order valence-electron chi connectivity index (χ1n) is 5.91. The van der Waals surface area contributed by atoms with Gasteiger partial charge in [-0.15, -0.1) is 0 Å². The highest BCUT2D eigenvalue weighted by atomic mass is 32.1. The molecule has 0 aliphatic rings. The maximum atomic E-state index is 5.63. The highest BCUT2D eigenvalue weighted by molar-refractivity contribution is 7.11. The molecule has 0 aliphatic carbocycles. The van der Waals surface area contributed by atoms with Gasteiger partial charge in [-0.05, 0) is 49.6 Å². The minimum atomic E-state index is 0.141. The lowest BCUT2D eigenvalue weighted by atomic mass is 10.2. The van der Waals surface area contributed by atoms with Crippen molar-refractivity contribution in [1.82, 2.24) is 4.37 Å². The van der Waals surface area contributed by atoms with E-state index in [0.29, 0.717) is 0 Å². The SMILES string of the molecule is Cc1ccc(C(C)Nc2snc3ccccc23)o1. The summed E-state index contributed by atoms with van der Waals surface area (Å²) < 4.78 is 10.0. The average Bonchev–Trinajstić information content (AvgIpc) is 2.97. The second-order valence-electron chi connectivity index (χ2n) is 4.34. The van der Waals surface area contributed by atoms with Crippen molar-refractivity contribution in [1.29, 1.82) is 0 Å². The first kappa shape index (κ1) is 11.3. The fourth-order valence-electron chi connectivity index (χ4n) is 1.95. The Morgan fingerprint density at radius 3 is 2.83 bits per heavy atom. The monoisotopic (exact) mass is 258 g/mol. The topological polar surface area (TPSA) is 38.1 Å². The fourth-order valence-corrected chi connectivity index (χ4v) is 2.80. The number of aromatic nitrogens is 1. The normalized spacial score (nSPS) is 12.8. The molecule has 1 atom stereocenters. The van der Waals surface area contributed by atoms with E-state index in [4.69, 9.17) is 4.42 Å². The van der Waals surface area contributed by atoms with E-state index in [-0.39, 0.29) is 6.04 Å². The highest BCUT2D eigenvalue weighted by Crippen LogP contribution is 2.30. The number of hydrogen-bond donors (Lipinski definition) is 1. The largest absolute Gasteiger partial charge is 0.464 e. The van der Waals surface area contributed by atoms with Crippen LogP contribution in [0.1, 0.15) is 24.5 Å². The molecular weight excluding hydrogens is 244 g/mol. The van der Waals surface area contributed by atoms with Crippen molar-refractivity contribution < 1.29 is 4.42 Å². The van der Waals surface area contributed by atoms with Crippen LogP contribution in [0.3, 0.4) is 0 Å². The number of fused-ring (bicyclic) bond motifs is 1. The molecule has 0 spiro atoms. The summed E-state index contributed by atoms with van der Waals surface area (Å²) in [5.74, 6) is 1.89. The molecule has 1 unspecified atom stereocenters. The molecule has 1 aromatic carbocycles. The molecule has 0 radical (unpaired) electrons. The molecule has 0 saturated heterocycles. The molecule has 0 saturated carbocycles. The Morgan fingerprint density at radius 2 is 2.06 bits per heavy atom. The van der Waals surface area contributed by atoms with Crippen molar-refractivity contribution in [2.75, 3.05) is 5.32 Å². The highest BCUT2D eigenvalue weighted by Gasteiger charge is 2.12. The summed E-state index contributed by atoms with van der Waals surface area (Å²) in [6.07, 6.45) is 0. The maximum absolute atomic E-state index is 5.63. The Hall–Kier alpha value is -1.81. The summed E-state index contributed by atoms with van der Waals surface area (Å²) >= 11 is 1.49. The molecule has 4 heteroatoms. The van der Waals surface area contributed by atoms with E-state index in [1.165, 1.54) is 11.5 Å². The molecule has 2 aromatic heterocycles. The number of anilines is 1. The number of benzene rings is 1. The number of rotatable bonds is 3. The summed E-state index contributed by atoms with van der Waals surface area (Å²) in [6, 6.07) is 12.3. The third-order valence-electron chi connectivity index (χ3n) is 2.92. The molecule has 3 rings (SSSR count). The van der Waals surface area contributed by atoms with Gasteiger partial charge in [-0.1, -0.05) is 12.1 Å². The van der Waals surface area contributed by atoms with Crippen LogP contribution in [0.25, 0.3) is 10.9 Å². The van der Waals surface area contributed by atoms with Crippen LogP contribution in [-0.2, 0) is 0 Å². The van der Waals surface area contributed by atoms with Gasteiger partial charge in [-0.25, -0.2) is 0 Å². The van der Waals surface area contributed by atoms with Crippen LogP contribution < -0.4 is 5.32 Å². The van der Waals surface area contributed by atoms with Gasteiger partial charge in [0, 0.05) is 5.39 Å². The summed E-state index contributed by atoms with van der Waals surface area (Å²) in [7, 11) is 0. The molecule has 3 nitrogen and oxygen atoms in total. The van der Waals surface area contributed by atoms with Gasteiger partial charge in [0.1, 0.15) is 16.5 Å². The smallest absolute Gasteiger partial charge is 0.126 e. The van der Waals surface area contributed by atoms with E-state index in [1.807, 2.05) is 37.3 Å². The quantitative estimate of drug-likeness (QED) is 0.758. The third kappa shape index (κ3) is 1.99. The molecule has 0 bridgehead atoms. The predicted octanol–water partition coefficient (Wildman–Crippen LogP) is 4.37. The summed E-state index contributed by atoms with van der Waals surface area (Å²) in [4.78, 5) is 0. The molecule has 0 fully saturated rings. The van der Waals surface area contributed by atoms with Gasteiger partial charge >= 0.3 is 0 Å².